The van der Waals surface area contributed by atoms with Gasteiger partial charge >= 0.3 is 0 Å². The van der Waals surface area contributed by atoms with Crippen molar-refractivity contribution >= 4 is 52.0 Å². The second-order valence-electron chi connectivity index (χ2n) is 6.14. The van der Waals surface area contributed by atoms with E-state index in [1.165, 1.54) is 0 Å². The van der Waals surface area contributed by atoms with Crippen LogP contribution in [-0.4, -0.2) is 18.4 Å². The Morgan fingerprint density at radius 2 is 1.79 bits per heavy atom. The summed E-state index contributed by atoms with van der Waals surface area (Å²) in [5.74, 6) is 0.0102. The fourth-order valence-corrected chi connectivity index (χ4v) is 3.59. The molecule has 0 saturated carbocycles. The van der Waals surface area contributed by atoms with Gasteiger partial charge in [0.1, 0.15) is 5.75 Å². The molecule has 5 nitrogen and oxygen atoms in total. The molecule has 1 aromatic heterocycles. The van der Waals surface area contributed by atoms with Crippen molar-refractivity contribution in [1.29, 1.82) is 0 Å². The van der Waals surface area contributed by atoms with E-state index < -0.39 is 0 Å². The Morgan fingerprint density at radius 3 is 2.48 bits per heavy atom. The average Bonchev–Trinajstić information content (AvgIpc) is 3.21. The van der Waals surface area contributed by atoms with E-state index in [4.69, 9.17) is 27.9 Å². The van der Waals surface area contributed by atoms with Crippen molar-refractivity contribution in [3.05, 3.63) is 80.5 Å². The highest BCUT2D eigenvalue weighted by Gasteiger charge is 2.08. The summed E-state index contributed by atoms with van der Waals surface area (Å²) in [4.78, 5) is 25.2. The third-order valence-electron chi connectivity index (χ3n) is 3.89. The van der Waals surface area contributed by atoms with Gasteiger partial charge in [-0.2, -0.15) is 0 Å². The quantitative estimate of drug-likeness (QED) is 0.513. The number of halogens is 2. The zero-order chi connectivity index (χ0) is 20.6. The van der Waals surface area contributed by atoms with Crippen LogP contribution in [0.5, 0.6) is 5.75 Å². The fraction of sp³-hybridized carbons (Fsp3) is 0.143. The summed E-state index contributed by atoms with van der Waals surface area (Å²) < 4.78 is 5.40. The van der Waals surface area contributed by atoms with Crippen LogP contribution >= 0.6 is 34.5 Å². The van der Waals surface area contributed by atoms with Crippen LogP contribution in [0.1, 0.15) is 10.4 Å². The number of thiophene rings is 1. The highest BCUT2D eigenvalue weighted by molar-refractivity contribution is 7.09. The number of benzene rings is 2. The lowest BCUT2D eigenvalue weighted by Crippen LogP contribution is -2.24. The monoisotopic (exact) mass is 448 g/mol. The number of hydrogen-bond donors (Lipinski definition) is 2. The van der Waals surface area contributed by atoms with Crippen LogP contribution in [0.25, 0.3) is 0 Å². The Bertz CT molecular complexity index is 976. The Morgan fingerprint density at radius 1 is 1.00 bits per heavy atom. The van der Waals surface area contributed by atoms with E-state index in [1.807, 2.05) is 17.5 Å². The number of ether oxygens (including phenoxy) is 1. The molecule has 0 atom stereocenters. The molecule has 8 heteroatoms. The second kappa shape index (κ2) is 10.3. The van der Waals surface area contributed by atoms with Gasteiger partial charge in [-0.1, -0.05) is 41.4 Å². The maximum atomic E-state index is 12.1. The first kappa shape index (κ1) is 21.2. The van der Waals surface area contributed by atoms with Gasteiger partial charge in [0, 0.05) is 15.6 Å². The zero-order valence-corrected chi connectivity index (χ0v) is 17.6. The van der Waals surface area contributed by atoms with Gasteiger partial charge in [0.05, 0.1) is 18.0 Å². The smallest absolute Gasteiger partial charge is 0.262 e. The molecule has 1 heterocycles. The third-order valence-corrected chi connectivity index (χ3v) is 5.30. The number of carbonyl (C=O) groups is 2. The van der Waals surface area contributed by atoms with Crippen LogP contribution in [-0.2, 0) is 22.6 Å². The van der Waals surface area contributed by atoms with Crippen LogP contribution in [0, 0.1) is 0 Å². The van der Waals surface area contributed by atoms with Crippen LogP contribution in [0.4, 0.5) is 5.69 Å². The lowest BCUT2D eigenvalue weighted by Gasteiger charge is -2.09. The zero-order valence-electron chi connectivity index (χ0n) is 15.3. The molecule has 0 saturated heterocycles. The van der Waals surface area contributed by atoms with Crippen LogP contribution < -0.4 is 15.4 Å². The SMILES string of the molecule is O=C(Cc1ccc(NC(=O)COc2ccc(Cl)cc2Cl)cc1)NCc1cccs1. The fourth-order valence-electron chi connectivity index (χ4n) is 2.49. The van der Waals surface area contributed by atoms with E-state index in [0.29, 0.717) is 28.0 Å². The van der Waals surface area contributed by atoms with E-state index in [1.54, 1.807) is 53.8 Å². The molecule has 0 aliphatic rings. The van der Waals surface area contributed by atoms with Crippen LogP contribution in [0.2, 0.25) is 10.0 Å². The first-order chi connectivity index (χ1) is 14.0. The van der Waals surface area contributed by atoms with Crippen molar-refractivity contribution in [3.8, 4) is 5.75 Å². The Balaban J connectivity index is 1.44. The van der Waals surface area contributed by atoms with Crippen molar-refractivity contribution in [2.75, 3.05) is 11.9 Å². The summed E-state index contributed by atoms with van der Waals surface area (Å²) in [6.07, 6.45) is 0.276. The van der Waals surface area contributed by atoms with E-state index in [0.717, 1.165) is 10.4 Å². The molecule has 0 unspecified atom stereocenters. The Hall–Kier alpha value is -2.54. The average molecular weight is 449 g/mol. The van der Waals surface area contributed by atoms with Gasteiger partial charge < -0.3 is 15.4 Å². The van der Waals surface area contributed by atoms with Crippen molar-refractivity contribution in [3.63, 3.8) is 0 Å². The molecular weight excluding hydrogens is 431 g/mol. The molecule has 0 spiro atoms. The number of amides is 2. The first-order valence-corrected chi connectivity index (χ1v) is 10.4. The summed E-state index contributed by atoms with van der Waals surface area (Å²) in [5, 5.41) is 8.43. The first-order valence-electron chi connectivity index (χ1n) is 8.75. The molecule has 0 fully saturated rings. The van der Waals surface area contributed by atoms with E-state index >= 15 is 0 Å². The predicted molar refractivity (Wildman–Crippen MR) is 117 cm³/mol. The van der Waals surface area contributed by atoms with Gasteiger partial charge in [0.25, 0.3) is 5.91 Å². The van der Waals surface area contributed by atoms with E-state index in [2.05, 4.69) is 10.6 Å². The lowest BCUT2D eigenvalue weighted by molar-refractivity contribution is -0.120. The van der Waals surface area contributed by atoms with Gasteiger partial charge in [-0.15, -0.1) is 11.3 Å². The number of nitrogens with one attached hydrogen (secondary N) is 2. The Kier molecular flexibility index (Phi) is 7.52. The summed E-state index contributed by atoms with van der Waals surface area (Å²) in [7, 11) is 0. The maximum absolute atomic E-state index is 12.1. The third kappa shape index (κ3) is 6.78. The van der Waals surface area contributed by atoms with Crippen molar-refractivity contribution in [2.24, 2.45) is 0 Å². The molecule has 0 aliphatic heterocycles. The normalized spacial score (nSPS) is 10.4. The van der Waals surface area contributed by atoms with Crippen molar-refractivity contribution in [1.82, 2.24) is 5.32 Å². The summed E-state index contributed by atoms with van der Waals surface area (Å²) in [6, 6.07) is 15.8. The summed E-state index contributed by atoms with van der Waals surface area (Å²) in [6.45, 7) is 0.344. The standard InChI is InChI=1S/C21H18Cl2N2O3S/c22-15-5-8-19(18(23)11-15)28-13-21(27)25-16-6-3-14(4-7-16)10-20(26)24-12-17-2-1-9-29-17/h1-9,11H,10,12-13H2,(H,24,26)(H,25,27). The molecule has 3 rings (SSSR count). The second-order valence-corrected chi connectivity index (χ2v) is 8.02. The Labute approximate surface area is 182 Å². The largest absolute Gasteiger partial charge is 0.482 e. The van der Waals surface area contributed by atoms with Crippen LogP contribution in [0.3, 0.4) is 0 Å². The maximum Gasteiger partial charge on any atom is 0.262 e. The van der Waals surface area contributed by atoms with E-state index in [9.17, 15) is 9.59 Å². The van der Waals surface area contributed by atoms with Crippen molar-refractivity contribution in [2.45, 2.75) is 13.0 Å². The summed E-state index contributed by atoms with van der Waals surface area (Å²) >= 11 is 13.4. The van der Waals surface area contributed by atoms with Gasteiger partial charge in [-0.3, -0.25) is 9.59 Å². The molecular formula is C21H18Cl2N2O3S. The molecule has 3 aromatic rings. The molecule has 0 bridgehead atoms. The predicted octanol–water partition coefficient (Wildman–Crippen LogP) is 4.93. The number of hydrogen-bond acceptors (Lipinski definition) is 4. The highest BCUT2D eigenvalue weighted by Crippen LogP contribution is 2.27. The molecule has 2 aromatic carbocycles. The number of anilines is 1. The van der Waals surface area contributed by atoms with Gasteiger partial charge in [-0.25, -0.2) is 0 Å². The number of rotatable bonds is 8. The van der Waals surface area contributed by atoms with E-state index in [-0.39, 0.29) is 24.8 Å². The molecule has 0 aliphatic carbocycles. The van der Waals surface area contributed by atoms with Crippen LogP contribution in [0.15, 0.2) is 60.0 Å². The number of carbonyl (C=O) groups excluding carboxylic acids is 2. The lowest BCUT2D eigenvalue weighted by atomic mass is 10.1. The topological polar surface area (TPSA) is 67.4 Å². The van der Waals surface area contributed by atoms with Crippen molar-refractivity contribution < 1.29 is 14.3 Å². The molecule has 0 radical (unpaired) electrons. The van der Waals surface area contributed by atoms with Gasteiger partial charge in [0.2, 0.25) is 5.91 Å². The minimum Gasteiger partial charge on any atom is -0.482 e. The highest BCUT2D eigenvalue weighted by atomic mass is 35.5. The molecule has 2 N–H and O–H groups in total. The van der Waals surface area contributed by atoms with Gasteiger partial charge in [-0.05, 0) is 47.3 Å². The molecule has 2 amide bonds. The minimum atomic E-state index is -0.322. The summed E-state index contributed by atoms with van der Waals surface area (Å²) in [5.41, 5.74) is 1.47. The minimum absolute atomic E-state index is 0.0524. The van der Waals surface area contributed by atoms with Gasteiger partial charge in [0.15, 0.2) is 6.61 Å². The molecule has 150 valence electrons. The molecule has 29 heavy (non-hydrogen) atoms.